The van der Waals surface area contributed by atoms with Gasteiger partial charge in [-0.1, -0.05) is 0 Å². The first-order chi connectivity index (χ1) is 10.8. The quantitative estimate of drug-likeness (QED) is 0.853. The van der Waals surface area contributed by atoms with Crippen molar-refractivity contribution in [3.8, 4) is 0 Å². The number of pyridine rings is 1. The molecule has 0 spiro atoms. The van der Waals surface area contributed by atoms with E-state index in [0.29, 0.717) is 12.5 Å². The number of ether oxygens (including phenoxy) is 1. The molecule has 0 aliphatic carbocycles. The fourth-order valence-electron chi connectivity index (χ4n) is 2.44. The lowest BCUT2D eigenvalue weighted by Gasteiger charge is -2.12. The highest BCUT2D eigenvalue weighted by molar-refractivity contribution is 5.42. The number of hydrogen-bond acceptors (Lipinski definition) is 6. The summed E-state index contributed by atoms with van der Waals surface area (Å²) in [4.78, 5) is 12.9. The van der Waals surface area contributed by atoms with Gasteiger partial charge in [-0.2, -0.15) is 4.98 Å². The summed E-state index contributed by atoms with van der Waals surface area (Å²) in [5.74, 6) is 1.46. The van der Waals surface area contributed by atoms with Crippen molar-refractivity contribution in [1.82, 2.24) is 15.0 Å². The van der Waals surface area contributed by atoms with E-state index in [2.05, 4.69) is 25.6 Å². The average Bonchev–Trinajstić information content (AvgIpc) is 3.05. The van der Waals surface area contributed by atoms with Crippen LogP contribution in [0.5, 0.6) is 0 Å². The van der Waals surface area contributed by atoms with Crippen LogP contribution in [-0.4, -0.2) is 34.2 Å². The van der Waals surface area contributed by atoms with E-state index >= 15 is 0 Å². The van der Waals surface area contributed by atoms with Gasteiger partial charge in [0.05, 0.1) is 6.10 Å². The first kappa shape index (κ1) is 14.7. The van der Waals surface area contributed by atoms with Crippen molar-refractivity contribution in [2.24, 2.45) is 0 Å². The maximum atomic E-state index is 5.60. The molecule has 116 valence electrons. The van der Waals surface area contributed by atoms with Gasteiger partial charge in [-0.05, 0) is 37.5 Å². The third kappa shape index (κ3) is 4.14. The van der Waals surface area contributed by atoms with Crippen molar-refractivity contribution in [2.75, 3.05) is 23.8 Å². The lowest BCUT2D eigenvalue weighted by molar-refractivity contribution is 0.120. The molecule has 1 unspecified atom stereocenters. The molecular weight excluding hydrogens is 278 g/mol. The number of hydrogen-bond donors (Lipinski definition) is 2. The highest BCUT2D eigenvalue weighted by atomic mass is 16.5. The Hall–Kier alpha value is -2.21. The predicted octanol–water partition coefficient (Wildman–Crippen LogP) is 2.38. The van der Waals surface area contributed by atoms with Crippen LogP contribution in [0.25, 0.3) is 0 Å². The molecule has 2 aromatic rings. The van der Waals surface area contributed by atoms with Crippen molar-refractivity contribution in [3.63, 3.8) is 0 Å². The smallest absolute Gasteiger partial charge is 0.224 e. The number of aryl methyl sites for hydroxylation is 1. The molecule has 0 aromatic carbocycles. The van der Waals surface area contributed by atoms with Gasteiger partial charge in [0.15, 0.2) is 0 Å². The molecule has 0 amide bonds. The maximum absolute atomic E-state index is 5.60. The number of anilines is 2. The number of nitrogens with zero attached hydrogens (tertiary/aromatic N) is 3. The highest BCUT2D eigenvalue weighted by Crippen LogP contribution is 2.14. The molecule has 6 heteroatoms. The molecular formula is C16H21N5O. The SMILES string of the molecule is Cc1cc(NCc2ccncc2)nc(NCC2CCCO2)n1. The summed E-state index contributed by atoms with van der Waals surface area (Å²) < 4.78 is 5.60. The summed E-state index contributed by atoms with van der Waals surface area (Å²) in [6.45, 7) is 4.30. The minimum absolute atomic E-state index is 0.275. The molecule has 0 radical (unpaired) electrons. The van der Waals surface area contributed by atoms with E-state index in [1.54, 1.807) is 12.4 Å². The normalized spacial score (nSPS) is 17.4. The first-order valence-corrected chi connectivity index (χ1v) is 7.63. The molecule has 2 aromatic heterocycles. The Balaban J connectivity index is 1.59. The van der Waals surface area contributed by atoms with Gasteiger partial charge in [0.2, 0.25) is 5.95 Å². The van der Waals surface area contributed by atoms with Crippen molar-refractivity contribution >= 4 is 11.8 Å². The van der Waals surface area contributed by atoms with Crippen molar-refractivity contribution in [3.05, 3.63) is 41.9 Å². The van der Waals surface area contributed by atoms with Gasteiger partial charge in [-0.25, -0.2) is 4.98 Å². The zero-order valence-electron chi connectivity index (χ0n) is 12.7. The Morgan fingerprint density at radius 3 is 2.86 bits per heavy atom. The molecule has 1 fully saturated rings. The van der Waals surface area contributed by atoms with Crippen LogP contribution in [0.4, 0.5) is 11.8 Å². The van der Waals surface area contributed by atoms with Crippen molar-refractivity contribution in [1.29, 1.82) is 0 Å². The molecule has 0 bridgehead atoms. The monoisotopic (exact) mass is 299 g/mol. The van der Waals surface area contributed by atoms with Crippen LogP contribution < -0.4 is 10.6 Å². The molecule has 1 saturated heterocycles. The van der Waals surface area contributed by atoms with E-state index in [4.69, 9.17) is 4.74 Å². The second kappa shape index (κ2) is 7.17. The van der Waals surface area contributed by atoms with Crippen LogP contribution in [-0.2, 0) is 11.3 Å². The largest absolute Gasteiger partial charge is 0.376 e. The highest BCUT2D eigenvalue weighted by Gasteiger charge is 2.15. The van der Waals surface area contributed by atoms with E-state index < -0.39 is 0 Å². The van der Waals surface area contributed by atoms with Gasteiger partial charge in [0.25, 0.3) is 0 Å². The second-order valence-electron chi connectivity index (χ2n) is 5.44. The van der Waals surface area contributed by atoms with Gasteiger partial charge < -0.3 is 15.4 Å². The summed E-state index contributed by atoms with van der Waals surface area (Å²) in [5.41, 5.74) is 2.10. The van der Waals surface area contributed by atoms with E-state index in [-0.39, 0.29) is 6.10 Å². The van der Waals surface area contributed by atoms with Gasteiger partial charge in [0, 0.05) is 43.9 Å². The molecule has 3 heterocycles. The molecule has 2 N–H and O–H groups in total. The molecule has 6 nitrogen and oxygen atoms in total. The molecule has 22 heavy (non-hydrogen) atoms. The van der Waals surface area contributed by atoms with Crippen molar-refractivity contribution in [2.45, 2.75) is 32.4 Å². The van der Waals surface area contributed by atoms with E-state index in [0.717, 1.165) is 37.5 Å². The Bertz CT molecular complexity index is 599. The van der Waals surface area contributed by atoms with Gasteiger partial charge in [-0.15, -0.1) is 0 Å². The summed E-state index contributed by atoms with van der Waals surface area (Å²) in [6, 6.07) is 5.91. The van der Waals surface area contributed by atoms with Crippen LogP contribution >= 0.6 is 0 Å². The second-order valence-corrected chi connectivity index (χ2v) is 5.44. The molecule has 1 aliphatic heterocycles. The van der Waals surface area contributed by atoms with Crippen LogP contribution in [0.2, 0.25) is 0 Å². The van der Waals surface area contributed by atoms with E-state index in [1.165, 1.54) is 5.56 Å². The lowest BCUT2D eigenvalue weighted by atomic mass is 10.2. The Kier molecular flexibility index (Phi) is 4.80. The Morgan fingerprint density at radius 1 is 1.23 bits per heavy atom. The predicted molar refractivity (Wildman–Crippen MR) is 85.8 cm³/mol. The zero-order valence-corrected chi connectivity index (χ0v) is 12.7. The molecule has 3 rings (SSSR count). The lowest BCUT2D eigenvalue weighted by Crippen LogP contribution is -2.20. The minimum Gasteiger partial charge on any atom is -0.376 e. The third-order valence-corrected chi connectivity index (χ3v) is 3.59. The number of rotatable bonds is 6. The van der Waals surface area contributed by atoms with E-state index in [1.807, 2.05) is 25.1 Å². The Labute approximate surface area is 130 Å². The molecule has 1 atom stereocenters. The standard InChI is InChI=1S/C16H21N5O/c1-12-9-15(18-10-13-4-6-17-7-5-13)21-16(20-12)19-11-14-3-2-8-22-14/h4-7,9,14H,2-3,8,10-11H2,1H3,(H2,18,19,20,21). The first-order valence-electron chi connectivity index (χ1n) is 7.63. The fraction of sp³-hybridized carbons (Fsp3) is 0.438. The Morgan fingerprint density at radius 2 is 2.09 bits per heavy atom. The number of nitrogens with one attached hydrogen (secondary N) is 2. The van der Waals surface area contributed by atoms with Crippen LogP contribution in [0.1, 0.15) is 24.1 Å². The number of aromatic nitrogens is 3. The van der Waals surface area contributed by atoms with Gasteiger partial charge in [-0.3, -0.25) is 4.98 Å². The molecule has 1 aliphatic rings. The topological polar surface area (TPSA) is 72.0 Å². The van der Waals surface area contributed by atoms with Gasteiger partial charge in [0.1, 0.15) is 5.82 Å². The van der Waals surface area contributed by atoms with Crippen LogP contribution in [0.15, 0.2) is 30.6 Å². The summed E-state index contributed by atoms with van der Waals surface area (Å²) in [5, 5.41) is 6.59. The van der Waals surface area contributed by atoms with Crippen LogP contribution in [0.3, 0.4) is 0 Å². The maximum Gasteiger partial charge on any atom is 0.224 e. The van der Waals surface area contributed by atoms with Crippen LogP contribution in [0, 0.1) is 6.92 Å². The average molecular weight is 299 g/mol. The summed E-state index contributed by atoms with van der Waals surface area (Å²) >= 11 is 0. The summed E-state index contributed by atoms with van der Waals surface area (Å²) in [7, 11) is 0. The van der Waals surface area contributed by atoms with Gasteiger partial charge >= 0.3 is 0 Å². The minimum atomic E-state index is 0.275. The van der Waals surface area contributed by atoms with E-state index in [9.17, 15) is 0 Å². The fourth-order valence-corrected chi connectivity index (χ4v) is 2.44. The van der Waals surface area contributed by atoms with Crippen molar-refractivity contribution < 1.29 is 4.74 Å². The molecule has 0 saturated carbocycles. The zero-order chi connectivity index (χ0) is 15.2. The summed E-state index contributed by atoms with van der Waals surface area (Å²) in [6.07, 6.45) is 6.09. The third-order valence-electron chi connectivity index (χ3n) is 3.59.